The summed E-state index contributed by atoms with van der Waals surface area (Å²) < 4.78 is 2.55. The second-order valence-electron chi connectivity index (χ2n) is 12.3. The lowest BCUT2D eigenvalue weighted by molar-refractivity contribution is -0.138. The van der Waals surface area contributed by atoms with Crippen molar-refractivity contribution in [2.24, 2.45) is 0 Å². The minimum absolute atomic E-state index is 0.0633. The molecule has 3 saturated carbocycles. The van der Waals surface area contributed by atoms with Crippen molar-refractivity contribution in [3.8, 4) is 0 Å². The molecule has 10 nitrogen and oxygen atoms in total. The van der Waals surface area contributed by atoms with Crippen LogP contribution < -0.4 is 10.0 Å². The van der Waals surface area contributed by atoms with Crippen LogP contribution >= 0.6 is 11.9 Å². The van der Waals surface area contributed by atoms with Gasteiger partial charge in [0, 0.05) is 49.9 Å². The lowest BCUT2D eigenvalue weighted by atomic mass is 10.0. The molecule has 2 heterocycles. The summed E-state index contributed by atoms with van der Waals surface area (Å²) in [7, 11) is 0. The minimum Gasteiger partial charge on any atom is -0.465 e. The Balaban J connectivity index is 0.000000401. The number of amides is 4. The molecule has 3 aliphatic carbocycles. The number of nitrogens with zero attached hydrogens (tertiary/aromatic N) is 3. The van der Waals surface area contributed by atoms with Gasteiger partial charge in [-0.05, 0) is 100 Å². The van der Waals surface area contributed by atoms with Crippen LogP contribution in [0.5, 0.6) is 0 Å². The zero-order valence-corrected chi connectivity index (χ0v) is 32.6. The van der Waals surface area contributed by atoms with Crippen molar-refractivity contribution < 1.29 is 24.3 Å². The molecule has 5 aliphatic rings. The zero-order chi connectivity index (χ0) is 37.3. The number of likely N-dealkylation sites (tertiary alicyclic amines) is 1. The quantitative estimate of drug-likeness (QED) is 0.0840. The van der Waals surface area contributed by atoms with Crippen molar-refractivity contribution in [3.63, 3.8) is 0 Å². The number of carbonyl (C=O) groups is 4. The normalized spacial score (nSPS) is 18.3. The van der Waals surface area contributed by atoms with Gasteiger partial charge in [-0.3, -0.25) is 19.3 Å². The number of hydrogen-bond donors (Lipinski definition) is 3. The van der Waals surface area contributed by atoms with E-state index in [-0.39, 0.29) is 17.9 Å². The number of benzene rings is 1. The van der Waals surface area contributed by atoms with Crippen LogP contribution in [0.2, 0.25) is 0 Å². The molecule has 0 aromatic heterocycles. The molecule has 6 rings (SSSR count). The first-order valence-corrected chi connectivity index (χ1v) is 20.1. The molecule has 1 aromatic rings. The van der Waals surface area contributed by atoms with Crippen molar-refractivity contribution in [3.05, 3.63) is 48.0 Å². The number of carboxylic acid groups (broad SMARTS) is 1. The molecule has 284 valence electrons. The fourth-order valence-corrected chi connectivity index (χ4v) is 6.19. The molecular weight excluding hydrogens is 651 g/mol. The van der Waals surface area contributed by atoms with Crippen molar-refractivity contribution in [1.82, 2.24) is 24.7 Å². The molecular formula is C39H67N5O5S. The summed E-state index contributed by atoms with van der Waals surface area (Å²) in [6, 6.07) is 8.81. The maximum atomic E-state index is 12.6. The Morgan fingerprint density at radius 1 is 0.940 bits per heavy atom. The predicted molar refractivity (Wildman–Crippen MR) is 207 cm³/mol. The predicted octanol–water partition coefficient (Wildman–Crippen LogP) is 7.42. The third-order valence-electron chi connectivity index (χ3n) is 8.54. The van der Waals surface area contributed by atoms with E-state index in [2.05, 4.69) is 27.6 Å². The second kappa shape index (κ2) is 26.7. The molecule has 1 aromatic carbocycles. The van der Waals surface area contributed by atoms with Gasteiger partial charge in [-0.25, -0.2) is 4.79 Å². The molecule has 4 fully saturated rings. The standard InChI is InChI=1S/C19H31N3O2.C10H11NO2.C4H7NOS.3C2H6/c1-2-3-4-12-21(16-9-10-16)14-11-18(23)22-13-5-6-17(22)19(24)20-15-7-8-15;12-10(13)11-6-5-8-3-1-2-4-9(8)7-11;6-3-5-7-4-1-2-4;3*1-2/h2,15-17H,1,3-14H2,(H,20,24);1-4H,5-7H2,(H,12,13);3-4H,1-2H2,(H,5,6);3*1-2H3. The molecule has 0 spiro atoms. The lowest BCUT2D eigenvalue weighted by Crippen LogP contribution is -2.47. The maximum absolute atomic E-state index is 12.6. The third kappa shape index (κ3) is 17.7. The van der Waals surface area contributed by atoms with Crippen LogP contribution in [0.15, 0.2) is 36.9 Å². The van der Waals surface area contributed by atoms with Crippen molar-refractivity contribution >= 4 is 36.3 Å². The molecule has 2 aliphatic heterocycles. The van der Waals surface area contributed by atoms with E-state index in [0.29, 0.717) is 31.6 Å². The van der Waals surface area contributed by atoms with Crippen LogP contribution in [0.3, 0.4) is 0 Å². The number of carbonyl (C=O) groups excluding carboxylic acids is 3. The smallest absolute Gasteiger partial charge is 0.407 e. The highest BCUT2D eigenvalue weighted by molar-refractivity contribution is 7.98. The Kier molecular flexibility index (Phi) is 24.0. The van der Waals surface area contributed by atoms with E-state index >= 15 is 0 Å². The Hall–Kier alpha value is -3.05. The highest BCUT2D eigenvalue weighted by Crippen LogP contribution is 2.31. The molecule has 50 heavy (non-hydrogen) atoms. The topological polar surface area (TPSA) is 122 Å². The largest absolute Gasteiger partial charge is 0.465 e. The van der Waals surface area contributed by atoms with E-state index in [4.69, 9.17) is 5.11 Å². The van der Waals surface area contributed by atoms with E-state index in [1.54, 1.807) is 0 Å². The van der Waals surface area contributed by atoms with Crippen LogP contribution in [-0.4, -0.2) is 93.7 Å². The third-order valence-corrected chi connectivity index (χ3v) is 9.57. The molecule has 4 amide bonds. The van der Waals surface area contributed by atoms with Crippen LogP contribution in [0, 0.1) is 0 Å². The van der Waals surface area contributed by atoms with Gasteiger partial charge in [-0.15, -0.1) is 6.58 Å². The summed E-state index contributed by atoms with van der Waals surface area (Å²) >= 11 is 1.52. The highest BCUT2D eigenvalue weighted by atomic mass is 32.2. The van der Waals surface area contributed by atoms with Gasteiger partial charge in [0.2, 0.25) is 18.2 Å². The van der Waals surface area contributed by atoms with E-state index in [9.17, 15) is 19.2 Å². The van der Waals surface area contributed by atoms with Gasteiger partial charge in [0.05, 0.1) is 0 Å². The fraction of sp³-hybridized carbons (Fsp3) is 0.692. The Morgan fingerprint density at radius 2 is 1.60 bits per heavy atom. The second-order valence-corrected chi connectivity index (χ2v) is 13.4. The van der Waals surface area contributed by atoms with Gasteiger partial charge in [0.1, 0.15) is 6.04 Å². The molecule has 1 saturated heterocycles. The minimum atomic E-state index is -0.825. The summed E-state index contributed by atoms with van der Waals surface area (Å²) in [5.41, 5.74) is 2.41. The average Bonchev–Trinajstić information content (AvgIpc) is 4.05. The molecule has 0 bridgehead atoms. The molecule has 0 radical (unpaired) electrons. The number of unbranched alkanes of at least 4 members (excludes halogenated alkanes) is 1. The highest BCUT2D eigenvalue weighted by Gasteiger charge is 2.37. The molecule has 11 heteroatoms. The lowest BCUT2D eigenvalue weighted by Gasteiger charge is -2.26. The van der Waals surface area contributed by atoms with Crippen molar-refractivity contribution in [1.29, 1.82) is 0 Å². The van der Waals surface area contributed by atoms with E-state index < -0.39 is 6.09 Å². The first kappa shape index (κ1) is 45.0. The summed E-state index contributed by atoms with van der Waals surface area (Å²) in [6.07, 6.45) is 14.4. The SMILES string of the molecule is C=CCCCN(CCC(=O)N1CCCC1C(=O)NC1CC1)C1CC1.CC.CC.CC.O=C(O)N1CCc2ccccc2C1.O=CNSC1CC1. The van der Waals surface area contributed by atoms with Gasteiger partial charge in [0.15, 0.2) is 0 Å². The molecule has 1 atom stereocenters. The van der Waals surface area contributed by atoms with E-state index in [1.165, 1.54) is 48.1 Å². The number of rotatable bonds is 13. The Morgan fingerprint density at radius 3 is 2.16 bits per heavy atom. The average molecular weight is 718 g/mol. The summed E-state index contributed by atoms with van der Waals surface area (Å²) in [5, 5.41) is 12.6. The Labute approximate surface area is 307 Å². The number of allylic oxidation sites excluding steroid dienone is 1. The van der Waals surface area contributed by atoms with Crippen LogP contribution in [-0.2, 0) is 27.3 Å². The maximum Gasteiger partial charge on any atom is 0.407 e. The summed E-state index contributed by atoms with van der Waals surface area (Å²) in [5.74, 6) is 0.214. The fourth-order valence-electron chi connectivity index (χ4n) is 5.57. The number of hydrogen-bond acceptors (Lipinski definition) is 6. The van der Waals surface area contributed by atoms with E-state index in [0.717, 1.165) is 81.8 Å². The van der Waals surface area contributed by atoms with Crippen molar-refractivity contribution in [2.45, 2.75) is 149 Å². The van der Waals surface area contributed by atoms with Crippen molar-refractivity contribution in [2.75, 3.05) is 26.2 Å². The van der Waals surface area contributed by atoms with Gasteiger partial charge in [-0.1, -0.05) is 71.9 Å². The van der Waals surface area contributed by atoms with Gasteiger partial charge in [-0.2, -0.15) is 0 Å². The van der Waals surface area contributed by atoms with Gasteiger partial charge in [0.25, 0.3) is 0 Å². The first-order chi connectivity index (χ1) is 24.4. The molecule has 3 N–H and O–H groups in total. The zero-order valence-electron chi connectivity index (χ0n) is 31.8. The molecule has 1 unspecified atom stereocenters. The Bertz CT molecular complexity index is 1130. The summed E-state index contributed by atoms with van der Waals surface area (Å²) in [4.78, 5) is 51.0. The van der Waals surface area contributed by atoms with Crippen LogP contribution in [0.1, 0.15) is 123 Å². The summed E-state index contributed by atoms with van der Waals surface area (Å²) in [6.45, 7) is 19.5. The monoisotopic (exact) mass is 717 g/mol. The van der Waals surface area contributed by atoms with Gasteiger partial charge < -0.3 is 24.9 Å². The van der Waals surface area contributed by atoms with Gasteiger partial charge >= 0.3 is 6.09 Å². The first-order valence-electron chi connectivity index (χ1n) is 19.2. The number of nitrogens with one attached hydrogen (secondary N) is 2. The van der Waals surface area contributed by atoms with E-state index in [1.807, 2.05) is 70.7 Å². The van der Waals surface area contributed by atoms with Crippen LogP contribution in [0.25, 0.3) is 0 Å². The van der Waals surface area contributed by atoms with Crippen LogP contribution in [0.4, 0.5) is 4.79 Å². The number of fused-ring (bicyclic) bond motifs is 1.